The summed E-state index contributed by atoms with van der Waals surface area (Å²) in [5.74, 6) is -0.448. The largest absolute Gasteiger partial charge is 0.392 e. The number of nitrogens with one attached hydrogen (secondary N) is 1. The summed E-state index contributed by atoms with van der Waals surface area (Å²) in [6.45, 7) is 0.377. The molecule has 0 radical (unpaired) electrons. The Hall–Kier alpha value is -2.19. The summed E-state index contributed by atoms with van der Waals surface area (Å²) in [6.07, 6.45) is 2.28. The van der Waals surface area contributed by atoms with E-state index in [4.69, 9.17) is 17.3 Å². The van der Waals surface area contributed by atoms with E-state index in [1.807, 2.05) is 5.38 Å². The molecule has 0 aliphatic rings. The first-order valence-electron chi connectivity index (χ1n) is 5.89. The number of nitrogens with zero attached hydrogens (tertiary/aromatic N) is 2. The van der Waals surface area contributed by atoms with Gasteiger partial charge in [-0.05, 0) is 6.07 Å². The zero-order chi connectivity index (χ0) is 15.4. The molecule has 0 unspecified atom stereocenters. The second-order valence-electron chi connectivity index (χ2n) is 4.08. The Morgan fingerprint density at radius 2 is 2.29 bits per heavy atom. The highest BCUT2D eigenvalue weighted by molar-refractivity contribution is 7.09. The number of carbonyl (C=O) groups excluding carboxylic acids is 1. The van der Waals surface area contributed by atoms with Gasteiger partial charge in [-0.1, -0.05) is 11.6 Å². The summed E-state index contributed by atoms with van der Waals surface area (Å²) in [5, 5.41) is 16.2. The fourth-order valence-corrected chi connectivity index (χ4v) is 2.48. The molecular weight excluding hydrogens is 316 g/mol. The molecule has 1 aromatic carbocycles. The first-order valence-corrected chi connectivity index (χ1v) is 7.14. The Morgan fingerprint density at radius 1 is 1.52 bits per heavy atom. The maximum absolute atomic E-state index is 12.0. The van der Waals surface area contributed by atoms with Gasteiger partial charge in [0.15, 0.2) is 0 Å². The second-order valence-corrected chi connectivity index (χ2v) is 5.47. The van der Waals surface area contributed by atoms with Crippen LogP contribution in [0.4, 0.5) is 11.4 Å². The van der Waals surface area contributed by atoms with Crippen LogP contribution in [0.2, 0.25) is 5.02 Å². The van der Waals surface area contributed by atoms with Gasteiger partial charge in [0.25, 0.3) is 11.6 Å². The third-order valence-electron chi connectivity index (χ3n) is 2.67. The van der Waals surface area contributed by atoms with Crippen molar-refractivity contribution in [2.24, 2.45) is 0 Å². The number of hydrogen-bond donors (Lipinski definition) is 2. The predicted molar refractivity (Wildman–Crippen MR) is 80.7 cm³/mol. The van der Waals surface area contributed by atoms with Crippen LogP contribution in [-0.4, -0.2) is 22.4 Å². The number of nitrogens with two attached hydrogens (primary N) is 1. The van der Waals surface area contributed by atoms with E-state index >= 15 is 0 Å². The van der Waals surface area contributed by atoms with Gasteiger partial charge >= 0.3 is 0 Å². The van der Waals surface area contributed by atoms with E-state index in [-0.39, 0.29) is 22.0 Å². The number of nitrogen functional groups attached to an aromatic ring is 1. The Morgan fingerprint density at radius 3 is 2.90 bits per heavy atom. The van der Waals surface area contributed by atoms with Crippen LogP contribution in [0.3, 0.4) is 0 Å². The molecule has 0 fully saturated rings. The van der Waals surface area contributed by atoms with Crippen LogP contribution in [0.25, 0.3) is 0 Å². The molecular formula is C12H11ClN4O3S. The summed E-state index contributed by atoms with van der Waals surface area (Å²) >= 11 is 7.30. The highest BCUT2D eigenvalue weighted by atomic mass is 35.5. The number of halogens is 1. The van der Waals surface area contributed by atoms with Crippen molar-refractivity contribution in [1.82, 2.24) is 10.3 Å². The van der Waals surface area contributed by atoms with Gasteiger partial charge in [0.1, 0.15) is 5.69 Å². The Bertz CT molecular complexity index is 675. The summed E-state index contributed by atoms with van der Waals surface area (Å²) < 4.78 is 0. The number of nitro groups is 1. The van der Waals surface area contributed by atoms with Gasteiger partial charge in [0.2, 0.25) is 0 Å². The van der Waals surface area contributed by atoms with Gasteiger partial charge in [-0.25, -0.2) is 4.98 Å². The molecule has 0 saturated heterocycles. The lowest BCUT2D eigenvalue weighted by Crippen LogP contribution is -2.25. The van der Waals surface area contributed by atoms with Crippen molar-refractivity contribution >= 4 is 40.2 Å². The molecule has 1 aromatic heterocycles. The average Bonchev–Trinajstić information content (AvgIpc) is 2.94. The van der Waals surface area contributed by atoms with Crippen LogP contribution >= 0.6 is 22.9 Å². The maximum atomic E-state index is 12.0. The minimum Gasteiger partial charge on any atom is -0.392 e. The predicted octanol–water partition coefficient (Wildman–Crippen LogP) is 2.26. The highest BCUT2D eigenvalue weighted by Gasteiger charge is 2.19. The van der Waals surface area contributed by atoms with E-state index in [0.29, 0.717) is 13.0 Å². The van der Waals surface area contributed by atoms with E-state index in [2.05, 4.69) is 10.3 Å². The number of anilines is 1. The second kappa shape index (κ2) is 6.51. The number of aromatic nitrogens is 1. The number of benzene rings is 1. The topological polar surface area (TPSA) is 111 Å². The van der Waals surface area contributed by atoms with E-state index in [1.54, 1.807) is 6.20 Å². The van der Waals surface area contributed by atoms with E-state index in [9.17, 15) is 14.9 Å². The number of amides is 1. The molecule has 2 rings (SSSR count). The lowest BCUT2D eigenvalue weighted by atomic mass is 10.1. The average molecular weight is 327 g/mol. The minimum atomic E-state index is -0.673. The van der Waals surface area contributed by atoms with Gasteiger partial charge in [0, 0.05) is 36.2 Å². The molecule has 2 aromatic rings. The van der Waals surface area contributed by atoms with Crippen LogP contribution in [0.5, 0.6) is 0 Å². The van der Waals surface area contributed by atoms with Crippen molar-refractivity contribution in [3.63, 3.8) is 0 Å². The van der Waals surface area contributed by atoms with Gasteiger partial charge in [-0.15, -0.1) is 11.3 Å². The number of thiazole rings is 1. The van der Waals surface area contributed by atoms with Crippen molar-refractivity contribution in [3.05, 3.63) is 49.4 Å². The summed E-state index contributed by atoms with van der Waals surface area (Å²) in [6, 6.07) is 2.42. The third kappa shape index (κ3) is 3.67. The molecule has 110 valence electrons. The van der Waals surface area contributed by atoms with Crippen LogP contribution < -0.4 is 11.1 Å². The summed E-state index contributed by atoms with van der Waals surface area (Å²) in [5.41, 5.74) is 5.07. The molecule has 0 atom stereocenters. The van der Waals surface area contributed by atoms with Crippen LogP contribution in [-0.2, 0) is 6.42 Å². The lowest BCUT2D eigenvalue weighted by molar-refractivity contribution is -0.383. The first-order chi connectivity index (χ1) is 9.99. The Kier molecular flexibility index (Phi) is 4.71. The third-order valence-corrected chi connectivity index (χ3v) is 3.83. The molecule has 1 heterocycles. The van der Waals surface area contributed by atoms with E-state index in [0.717, 1.165) is 11.1 Å². The van der Waals surface area contributed by atoms with E-state index in [1.165, 1.54) is 17.4 Å². The number of rotatable bonds is 5. The van der Waals surface area contributed by atoms with Crippen molar-refractivity contribution < 1.29 is 9.72 Å². The molecule has 0 spiro atoms. The van der Waals surface area contributed by atoms with Crippen molar-refractivity contribution in [3.8, 4) is 0 Å². The standard InChI is InChI=1S/C12H11ClN4O3S/c13-8-5-7(6-9(11(8)14)17(19)20)12(18)16-2-1-10-15-3-4-21-10/h3-6H,1-2,14H2,(H,16,18). The van der Waals surface area contributed by atoms with E-state index < -0.39 is 10.8 Å². The molecule has 9 heteroatoms. The minimum absolute atomic E-state index is 0.0192. The van der Waals surface area contributed by atoms with Gasteiger partial charge < -0.3 is 11.1 Å². The summed E-state index contributed by atoms with van der Waals surface area (Å²) in [7, 11) is 0. The van der Waals surface area contributed by atoms with Gasteiger partial charge in [0.05, 0.1) is 15.0 Å². The van der Waals surface area contributed by atoms with Crippen LogP contribution in [0.1, 0.15) is 15.4 Å². The lowest BCUT2D eigenvalue weighted by Gasteiger charge is -2.06. The SMILES string of the molecule is Nc1c(Cl)cc(C(=O)NCCc2nccs2)cc1[N+](=O)[O-]. The number of carbonyl (C=O) groups is 1. The molecule has 0 bridgehead atoms. The summed E-state index contributed by atoms with van der Waals surface area (Å²) in [4.78, 5) is 26.2. The van der Waals surface area contributed by atoms with Gasteiger partial charge in [-0.2, -0.15) is 0 Å². The smallest absolute Gasteiger partial charge is 0.294 e. The molecule has 0 aliphatic heterocycles. The molecule has 0 aliphatic carbocycles. The molecule has 0 saturated carbocycles. The Labute approximate surface area is 128 Å². The van der Waals surface area contributed by atoms with Crippen LogP contribution in [0.15, 0.2) is 23.7 Å². The zero-order valence-electron chi connectivity index (χ0n) is 10.7. The molecule has 7 nitrogen and oxygen atoms in total. The zero-order valence-corrected chi connectivity index (χ0v) is 12.3. The van der Waals surface area contributed by atoms with Crippen LogP contribution in [0, 0.1) is 10.1 Å². The quantitative estimate of drug-likeness (QED) is 0.497. The van der Waals surface area contributed by atoms with Crippen molar-refractivity contribution in [2.45, 2.75) is 6.42 Å². The maximum Gasteiger partial charge on any atom is 0.294 e. The molecule has 3 N–H and O–H groups in total. The number of hydrogen-bond acceptors (Lipinski definition) is 6. The number of nitro benzene ring substituents is 1. The fraction of sp³-hybridized carbons (Fsp3) is 0.167. The highest BCUT2D eigenvalue weighted by Crippen LogP contribution is 2.30. The molecule has 1 amide bonds. The monoisotopic (exact) mass is 326 g/mol. The van der Waals surface area contributed by atoms with Crippen molar-refractivity contribution in [1.29, 1.82) is 0 Å². The fourth-order valence-electron chi connectivity index (χ4n) is 1.65. The normalized spacial score (nSPS) is 10.3. The first kappa shape index (κ1) is 15.2. The Balaban J connectivity index is 2.07. The van der Waals surface area contributed by atoms with Crippen molar-refractivity contribution in [2.75, 3.05) is 12.3 Å². The van der Waals surface area contributed by atoms with Gasteiger partial charge in [-0.3, -0.25) is 14.9 Å². The molecule has 21 heavy (non-hydrogen) atoms.